The lowest BCUT2D eigenvalue weighted by atomic mass is 9.84. The molecule has 4 N–H and O–H groups in total. The lowest BCUT2D eigenvalue weighted by molar-refractivity contribution is -0.145. The van der Waals surface area contributed by atoms with Gasteiger partial charge in [0.05, 0.1) is 13.2 Å². The maximum absolute atomic E-state index is 13.3. The summed E-state index contributed by atoms with van der Waals surface area (Å²) >= 11 is 0. The number of fused-ring (bicyclic) bond motifs is 7. The fraction of sp³-hybridized carbons (Fsp3) is 0.320. The summed E-state index contributed by atoms with van der Waals surface area (Å²) in [7, 11) is 1.31. The molecule has 3 aromatic rings. The molecule has 3 heterocycles. The number of hydrogen-bond acceptors (Lipinski definition) is 5. The van der Waals surface area contributed by atoms with Crippen LogP contribution in [0.3, 0.4) is 0 Å². The first kappa shape index (κ1) is 21.1. The number of benzene rings is 2. The van der Waals surface area contributed by atoms with Gasteiger partial charge < -0.3 is 25.7 Å². The van der Waals surface area contributed by atoms with Crippen molar-refractivity contribution in [2.75, 3.05) is 12.4 Å². The smallest absolute Gasteiger partial charge is 0.328 e. The first-order valence-electron chi connectivity index (χ1n) is 11.1. The molecule has 2 aliphatic rings. The van der Waals surface area contributed by atoms with Crippen LogP contribution in [-0.4, -0.2) is 42.0 Å². The van der Waals surface area contributed by atoms with Gasteiger partial charge >= 0.3 is 5.97 Å². The van der Waals surface area contributed by atoms with E-state index in [1.54, 1.807) is 0 Å². The minimum atomic E-state index is -0.878. The maximum Gasteiger partial charge on any atom is 0.328 e. The molecule has 0 saturated carbocycles. The van der Waals surface area contributed by atoms with Crippen LogP contribution in [0.15, 0.2) is 48.5 Å². The predicted molar refractivity (Wildman–Crippen MR) is 124 cm³/mol. The number of esters is 1. The van der Waals surface area contributed by atoms with Gasteiger partial charge in [-0.05, 0) is 29.7 Å². The number of hydrogen-bond donors (Lipinski definition) is 4. The number of anilines is 1. The van der Waals surface area contributed by atoms with Crippen molar-refractivity contribution < 1.29 is 19.1 Å². The van der Waals surface area contributed by atoms with E-state index >= 15 is 0 Å². The number of amides is 2. The average Bonchev–Trinajstić information content (AvgIpc) is 3.35. The van der Waals surface area contributed by atoms with Gasteiger partial charge in [-0.15, -0.1) is 0 Å². The molecule has 0 radical (unpaired) electrons. The van der Waals surface area contributed by atoms with Gasteiger partial charge in [0.15, 0.2) is 0 Å². The molecule has 0 saturated heterocycles. The molecule has 170 valence electrons. The standard InChI is InChI=1S/C25H26N4O4/c1-13(30)26-20-11-16-14-7-3-5-9-18(14)27-22(16)23-17(15-8-4-6-10-19(15)28-23)12-21(25(32)33-2)29-24(20)31/h3-10,16,20-22,27-28H,11-12H2,1-2H3,(H,26,30)(H,29,31)/t16-,20+,21+,22-/m1/s1. The highest BCUT2D eigenvalue weighted by molar-refractivity contribution is 5.92. The summed E-state index contributed by atoms with van der Waals surface area (Å²) in [6.45, 7) is 1.39. The quantitative estimate of drug-likeness (QED) is 0.452. The van der Waals surface area contributed by atoms with Crippen LogP contribution in [-0.2, 0) is 25.5 Å². The Morgan fingerprint density at radius 3 is 2.61 bits per heavy atom. The molecule has 0 unspecified atom stereocenters. The molecule has 2 aliphatic heterocycles. The molecule has 2 amide bonds. The van der Waals surface area contributed by atoms with E-state index in [1.165, 1.54) is 14.0 Å². The van der Waals surface area contributed by atoms with Crippen LogP contribution in [0.4, 0.5) is 5.69 Å². The summed E-state index contributed by atoms with van der Waals surface area (Å²) in [6.07, 6.45) is 0.647. The van der Waals surface area contributed by atoms with E-state index in [0.717, 1.165) is 33.4 Å². The molecular formula is C25H26N4O4. The molecular weight excluding hydrogens is 420 g/mol. The lowest BCUT2D eigenvalue weighted by Crippen LogP contribution is -2.53. The van der Waals surface area contributed by atoms with Gasteiger partial charge in [0.1, 0.15) is 12.1 Å². The molecule has 0 bridgehead atoms. The molecule has 33 heavy (non-hydrogen) atoms. The second-order valence-electron chi connectivity index (χ2n) is 8.66. The third-order valence-electron chi connectivity index (χ3n) is 6.63. The van der Waals surface area contributed by atoms with E-state index in [1.807, 2.05) is 42.5 Å². The monoisotopic (exact) mass is 446 g/mol. The van der Waals surface area contributed by atoms with Crippen molar-refractivity contribution in [2.24, 2.45) is 0 Å². The number of rotatable bonds is 2. The number of carbonyl (C=O) groups is 3. The third-order valence-corrected chi connectivity index (χ3v) is 6.63. The van der Waals surface area contributed by atoms with Gasteiger partial charge in [0.25, 0.3) is 0 Å². The van der Waals surface area contributed by atoms with Crippen LogP contribution in [0, 0.1) is 0 Å². The Balaban J connectivity index is 1.69. The van der Waals surface area contributed by atoms with Gasteiger partial charge in [-0.25, -0.2) is 4.79 Å². The van der Waals surface area contributed by atoms with E-state index in [2.05, 4.69) is 27.0 Å². The van der Waals surface area contributed by atoms with E-state index < -0.39 is 24.0 Å². The van der Waals surface area contributed by atoms with Crippen molar-refractivity contribution in [3.05, 3.63) is 65.4 Å². The summed E-state index contributed by atoms with van der Waals surface area (Å²) in [5.74, 6) is -1.29. The number of ether oxygens (including phenoxy) is 1. The van der Waals surface area contributed by atoms with Crippen LogP contribution in [0.25, 0.3) is 10.9 Å². The van der Waals surface area contributed by atoms with Crippen molar-refractivity contribution in [1.29, 1.82) is 0 Å². The largest absolute Gasteiger partial charge is 0.467 e. The molecule has 2 aromatic carbocycles. The number of methoxy groups -OCH3 is 1. The second kappa shape index (κ2) is 8.27. The first-order chi connectivity index (χ1) is 16.0. The summed E-state index contributed by atoms with van der Waals surface area (Å²) in [4.78, 5) is 41.4. The zero-order chi connectivity index (χ0) is 23.1. The van der Waals surface area contributed by atoms with Gasteiger partial charge in [0.2, 0.25) is 11.8 Å². The number of aromatic amines is 1. The SMILES string of the molecule is COC(=O)[C@@H]1Cc2c([nH]c3ccccc23)[C@@H]2Nc3ccccc3[C@H]2C[C@H](NC(C)=O)C(=O)N1. The Morgan fingerprint density at radius 1 is 1.06 bits per heavy atom. The van der Waals surface area contributed by atoms with Crippen LogP contribution < -0.4 is 16.0 Å². The van der Waals surface area contributed by atoms with Crippen LogP contribution >= 0.6 is 0 Å². The molecule has 1 aromatic heterocycles. The van der Waals surface area contributed by atoms with Gasteiger partial charge in [-0.3, -0.25) is 9.59 Å². The van der Waals surface area contributed by atoms with E-state index in [-0.39, 0.29) is 24.3 Å². The highest BCUT2D eigenvalue weighted by atomic mass is 16.5. The lowest BCUT2D eigenvalue weighted by Gasteiger charge is -2.29. The predicted octanol–water partition coefficient (Wildman–Crippen LogP) is 2.53. The topological polar surface area (TPSA) is 112 Å². The fourth-order valence-corrected chi connectivity index (χ4v) is 5.18. The Labute approximate surface area is 191 Å². The molecule has 0 fully saturated rings. The fourth-order valence-electron chi connectivity index (χ4n) is 5.18. The number of H-pyrrole nitrogens is 1. The van der Waals surface area contributed by atoms with Gasteiger partial charge in [-0.2, -0.15) is 0 Å². The van der Waals surface area contributed by atoms with Crippen molar-refractivity contribution in [2.45, 2.75) is 43.8 Å². The number of aromatic nitrogens is 1. The van der Waals surface area contributed by atoms with Gasteiger partial charge in [0, 0.05) is 41.5 Å². The Hall–Kier alpha value is -3.81. The van der Waals surface area contributed by atoms with Crippen molar-refractivity contribution in [3.8, 4) is 0 Å². The van der Waals surface area contributed by atoms with Crippen LogP contribution in [0.1, 0.15) is 42.1 Å². The number of para-hydroxylation sites is 2. The van der Waals surface area contributed by atoms with E-state index in [9.17, 15) is 14.4 Å². The summed E-state index contributed by atoms with van der Waals surface area (Å²) < 4.78 is 5.00. The van der Waals surface area contributed by atoms with Gasteiger partial charge in [-0.1, -0.05) is 36.4 Å². The molecule has 4 atom stereocenters. The molecule has 5 rings (SSSR count). The highest BCUT2D eigenvalue weighted by Crippen LogP contribution is 2.48. The number of nitrogens with one attached hydrogen (secondary N) is 4. The van der Waals surface area contributed by atoms with Crippen LogP contribution in [0.5, 0.6) is 0 Å². The van der Waals surface area contributed by atoms with Crippen molar-refractivity contribution in [1.82, 2.24) is 15.6 Å². The Bertz CT molecular complexity index is 1250. The van der Waals surface area contributed by atoms with Crippen molar-refractivity contribution >= 4 is 34.4 Å². The normalized spacial score (nSPS) is 24.0. The maximum atomic E-state index is 13.3. The highest BCUT2D eigenvalue weighted by Gasteiger charge is 2.41. The first-order valence-corrected chi connectivity index (χ1v) is 11.1. The summed E-state index contributed by atoms with van der Waals surface area (Å²) in [6, 6.07) is 14.2. The summed E-state index contributed by atoms with van der Waals surface area (Å²) in [5, 5.41) is 10.2. The molecule has 8 nitrogen and oxygen atoms in total. The zero-order valence-corrected chi connectivity index (χ0v) is 18.5. The van der Waals surface area contributed by atoms with Crippen LogP contribution in [0.2, 0.25) is 0 Å². The average molecular weight is 447 g/mol. The zero-order valence-electron chi connectivity index (χ0n) is 18.5. The minimum absolute atomic E-state index is 0.0645. The number of carbonyl (C=O) groups excluding carboxylic acids is 3. The second-order valence-corrected chi connectivity index (χ2v) is 8.66. The Kier molecular flexibility index (Phi) is 5.28. The van der Waals surface area contributed by atoms with E-state index in [0.29, 0.717) is 6.42 Å². The third kappa shape index (κ3) is 3.71. The molecule has 8 heteroatoms. The molecule has 0 aliphatic carbocycles. The molecule has 0 spiro atoms. The van der Waals surface area contributed by atoms with Crippen molar-refractivity contribution in [3.63, 3.8) is 0 Å². The summed E-state index contributed by atoms with van der Waals surface area (Å²) in [5.41, 5.74) is 5.01. The Morgan fingerprint density at radius 2 is 1.82 bits per heavy atom. The van der Waals surface area contributed by atoms with E-state index in [4.69, 9.17) is 4.74 Å². The minimum Gasteiger partial charge on any atom is -0.467 e.